The van der Waals surface area contributed by atoms with Gasteiger partial charge in [-0.3, -0.25) is 0 Å². The van der Waals surface area contributed by atoms with Gasteiger partial charge in [0.1, 0.15) is 0 Å². The SMILES string of the molecule is Fc1cc(Br)cc(Oc2c(Cl)cccc2CCl)c1F. The fourth-order valence-corrected chi connectivity index (χ4v) is 2.34. The molecule has 2 aromatic rings. The molecule has 0 saturated heterocycles. The molecule has 1 nitrogen and oxygen atoms in total. The lowest BCUT2D eigenvalue weighted by Gasteiger charge is -2.12. The monoisotopic (exact) mass is 366 g/mol. The predicted octanol–water partition coefficient (Wildman–Crippen LogP) is 5.91. The molecule has 0 heterocycles. The summed E-state index contributed by atoms with van der Waals surface area (Å²) in [6, 6.07) is 7.31. The molecule has 0 radical (unpaired) electrons. The van der Waals surface area contributed by atoms with Crippen molar-refractivity contribution in [3.05, 3.63) is 57.0 Å². The second-order valence-corrected chi connectivity index (χ2v) is 5.25. The zero-order chi connectivity index (χ0) is 14.0. The summed E-state index contributed by atoms with van der Waals surface area (Å²) in [7, 11) is 0. The molecule has 0 spiro atoms. The molecule has 0 amide bonds. The lowest BCUT2D eigenvalue weighted by atomic mass is 10.2. The fraction of sp³-hybridized carbons (Fsp3) is 0.0769. The van der Waals surface area contributed by atoms with Crippen LogP contribution < -0.4 is 4.74 Å². The van der Waals surface area contributed by atoms with Gasteiger partial charge in [-0.2, -0.15) is 4.39 Å². The van der Waals surface area contributed by atoms with Gasteiger partial charge in [0, 0.05) is 10.0 Å². The summed E-state index contributed by atoms with van der Waals surface area (Å²) in [5.41, 5.74) is 0.592. The molecule has 0 fully saturated rings. The smallest absolute Gasteiger partial charge is 0.201 e. The van der Waals surface area contributed by atoms with Crippen molar-refractivity contribution in [2.45, 2.75) is 5.88 Å². The Labute approximate surface area is 127 Å². The molecular weight excluding hydrogens is 361 g/mol. The van der Waals surface area contributed by atoms with Crippen molar-refractivity contribution in [3.63, 3.8) is 0 Å². The van der Waals surface area contributed by atoms with E-state index < -0.39 is 11.6 Å². The van der Waals surface area contributed by atoms with Gasteiger partial charge in [-0.1, -0.05) is 39.7 Å². The molecule has 0 unspecified atom stereocenters. The minimum Gasteiger partial charge on any atom is -0.452 e. The Kier molecular flexibility index (Phi) is 4.66. The maximum absolute atomic E-state index is 13.6. The summed E-state index contributed by atoms with van der Waals surface area (Å²) in [5, 5.41) is 0.276. The van der Waals surface area contributed by atoms with Crippen molar-refractivity contribution in [1.29, 1.82) is 0 Å². The Morgan fingerprint density at radius 3 is 2.63 bits per heavy atom. The average molecular weight is 368 g/mol. The number of hydrogen-bond acceptors (Lipinski definition) is 1. The third kappa shape index (κ3) is 3.19. The Morgan fingerprint density at radius 1 is 1.21 bits per heavy atom. The van der Waals surface area contributed by atoms with E-state index in [2.05, 4.69) is 15.9 Å². The van der Waals surface area contributed by atoms with Crippen LogP contribution in [0.3, 0.4) is 0 Å². The van der Waals surface area contributed by atoms with Gasteiger partial charge in [-0.05, 0) is 18.2 Å². The summed E-state index contributed by atoms with van der Waals surface area (Å²) in [6.07, 6.45) is 0. The largest absolute Gasteiger partial charge is 0.452 e. The third-order valence-corrected chi connectivity index (χ3v) is 3.41. The average Bonchev–Trinajstić information content (AvgIpc) is 2.37. The van der Waals surface area contributed by atoms with Crippen LogP contribution in [-0.2, 0) is 5.88 Å². The zero-order valence-electron chi connectivity index (χ0n) is 9.39. The molecule has 0 atom stereocenters. The van der Waals surface area contributed by atoms with E-state index in [4.69, 9.17) is 27.9 Å². The van der Waals surface area contributed by atoms with Crippen LogP contribution in [0.15, 0.2) is 34.8 Å². The second kappa shape index (κ2) is 6.07. The van der Waals surface area contributed by atoms with Crippen molar-refractivity contribution in [2.24, 2.45) is 0 Å². The number of hydrogen-bond donors (Lipinski definition) is 0. The van der Waals surface area contributed by atoms with Gasteiger partial charge < -0.3 is 4.74 Å². The highest BCUT2D eigenvalue weighted by Gasteiger charge is 2.15. The zero-order valence-corrected chi connectivity index (χ0v) is 12.5. The molecule has 0 saturated carbocycles. The topological polar surface area (TPSA) is 9.23 Å². The Morgan fingerprint density at radius 2 is 1.95 bits per heavy atom. The van der Waals surface area contributed by atoms with Gasteiger partial charge >= 0.3 is 0 Å². The maximum atomic E-state index is 13.6. The van der Waals surface area contributed by atoms with Gasteiger partial charge in [-0.15, -0.1) is 11.6 Å². The van der Waals surface area contributed by atoms with E-state index in [1.54, 1.807) is 18.2 Å². The van der Waals surface area contributed by atoms with Gasteiger partial charge in [-0.25, -0.2) is 4.39 Å². The molecule has 0 bridgehead atoms. The van der Waals surface area contributed by atoms with E-state index >= 15 is 0 Å². The number of benzene rings is 2. The Bertz CT molecular complexity index is 620. The number of halogens is 5. The summed E-state index contributed by atoms with van der Waals surface area (Å²) in [6.45, 7) is 0. The van der Waals surface area contributed by atoms with Crippen LogP contribution in [0.25, 0.3) is 0 Å². The predicted molar refractivity (Wildman–Crippen MR) is 75.1 cm³/mol. The Hall–Kier alpha value is -0.840. The van der Waals surface area contributed by atoms with Crippen molar-refractivity contribution in [3.8, 4) is 11.5 Å². The van der Waals surface area contributed by atoms with E-state index in [-0.39, 0.29) is 22.4 Å². The van der Waals surface area contributed by atoms with Gasteiger partial charge in [0.25, 0.3) is 0 Å². The normalized spacial score (nSPS) is 10.6. The van der Waals surface area contributed by atoms with Gasteiger partial charge in [0.15, 0.2) is 17.3 Å². The summed E-state index contributed by atoms with van der Waals surface area (Å²) in [5.74, 6) is -1.98. The second-order valence-electron chi connectivity index (χ2n) is 3.66. The van der Waals surface area contributed by atoms with Gasteiger partial charge in [0.2, 0.25) is 5.82 Å². The maximum Gasteiger partial charge on any atom is 0.201 e. The van der Waals surface area contributed by atoms with Crippen LogP contribution in [0.5, 0.6) is 11.5 Å². The lowest BCUT2D eigenvalue weighted by Crippen LogP contribution is -1.95. The molecule has 0 aliphatic carbocycles. The molecule has 19 heavy (non-hydrogen) atoms. The first-order chi connectivity index (χ1) is 9.02. The first-order valence-corrected chi connectivity index (χ1v) is 6.89. The van der Waals surface area contributed by atoms with Crippen LogP contribution in [0.2, 0.25) is 5.02 Å². The minimum atomic E-state index is -1.08. The molecule has 0 aromatic heterocycles. The van der Waals surface area contributed by atoms with Crippen molar-refractivity contribution in [2.75, 3.05) is 0 Å². The molecule has 2 rings (SSSR count). The van der Waals surface area contributed by atoms with E-state index in [0.29, 0.717) is 10.0 Å². The number of para-hydroxylation sites is 1. The van der Waals surface area contributed by atoms with Gasteiger partial charge in [0.05, 0.1) is 10.9 Å². The highest BCUT2D eigenvalue weighted by atomic mass is 79.9. The molecule has 100 valence electrons. The van der Waals surface area contributed by atoms with E-state index in [1.807, 2.05) is 0 Å². The standard InChI is InChI=1S/C13H7BrCl2F2O/c14-8-4-10(17)12(18)11(5-8)19-13-7(6-15)2-1-3-9(13)16/h1-5H,6H2. The highest BCUT2D eigenvalue weighted by molar-refractivity contribution is 9.10. The Balaban J connectivity index is 2.47. The molecule has 0 N–H and O–H groups in total. The van der Waals surface area contributed by atoms with E-state index in [9.17, 15) is 8.78 Å². The summed E-state index contributed by atoms with van der Waals surface area (Å²) >= 11 is 14.8. The van der Waals surface area contributed by atoms with Crippen LogP contribution >= 0.6 is 39.1 Å². The molecule has 0 aliphatic rings. The molecule has 2 aromatic carbocycles. The van der Waals surface area contributed by atoms with Crippen molar-refractivity contribution < 1.29 is 13.5 Å². The van der Waals surface area contributed by atoms with Crippen LogP contribution in [0.1, 0.15) is 5.56 Å². The van der Waals surface area contributed by atoms with Crippen LogP contribution in [-0.4, -0.2) is 0 Å². The molecule has 6 heteroatoms. The van der Waals surface area contributed by atoms with Crippen LogP contribution in [0, 0.1) is 11.6 Å². The van der Waals surface area contributed by atoms with E-state index in [0.717, 1.165) is 6.07 Å². The van der Waals surface area contributed by atoms with Crippen molar-refractivity contribution >= 4 is 39.1 Å². The summed E-state index contributed by atoms with van der Waals surface area (Å²) < 4.78 is 32.6. The first kappa shape index (κ1) is 14.6. The highest BCUT2D eigenvalue weighted by Crippen LogP contribution is 2.36. The number of alkyl halides is 1. The van der Waals surface area contributed by atoms with Crippen LogP contribution in [0.4, 0.5) is 8.78 Å². The molecule has 0 aliphatic heterocycles. The fourth-order valence-electron chi connectivity index (χ4n) is 1.49. The minimum absolute atomic E-state index is 0.147. The quantitative estimate of drug-likeness (QED) is 0.483. The molecular formula is C13H7BrCl2F2O. The lowest BCUT2D eigenvalue weighted by molar-refractivity contribution is 0.413. The first-order valence-electron chi connectivity index (χ1n) is 5.18. The summed E-state index contributed by atoms with van der Waals surface area (Å²) in [4.78, 5) is 0. The third-order valence-electron chi connectivity index (χ3n) is 2.36. The number of rotatable bonds is 3. The van der Waals surface area contributed by atoms with E-state index in [1.165, 1.54) is 6.07 Å². The van der Waals surface area contributed by atoms with Crippen molar-refractivity contribution in [1.82, 2.24) is 0 Å². The number of ether oxygens (including phenoxy) is 1.